The molecule has 416 valence electrons. The maximum atomic E-state index is 14.7. The molecular weight excluding hydrogens is 1010 g/mol. The standard InChI is InChI=1S/C56H73FN8O11S/c1-36-49(77-35-60-36)37-8-9-38(30-59-51(67)45-29-40(66)32-65(45)53(69)50(55(2,3)4)61-54(70)56(57)11-12-56)46(26-37)76-25-24-75-23-22-74-21-20-73-19-18-63-14-16-64(17-15-63)34-44-47(71-6)27-39(28-48(44)72-7)43-33-62(5)52(68)42-31-58-13-10-41(42)43/h8-10,13,26-28,31,33,35,40,45,50,66H,11-12,14-25,29-30,32,34H2,1-7H3,(H,59,67)(H,61,70). The molecule has 1 aliphatic carbocycles. The Bertz CT molecular complexity index is 2890. The number of β-amino-alcohol motifs (C(OH)–C–C–N with tert-alkyl or cyclic N) is 1. The third-order valence-electron chi connectivity index (χ3n) is 14.4. The van der Waals surface area contributed by atoms with E-state index in [1.165, 1.54) is 16.2 Å². The smallest absolute Gasteiger partial charge is 0.259 e. The summed E-state index contributed by atoms with van der Waals surface area (Å²) in [7, 11) is 5.08. The van der Waals surface area contributed by atoms with Gasteiger partial charge in [0.2, 0.25) is 11.8 Å². The third-order valence-corrected chi connectivity index (χ3v) is 15.4. The van der Waals surface area contributed by atoms with Gasteiger partial charge in [0.15, 0.2) is 5.67 Å². The second kappa shape index (κ2) is 25.6. The van der Waals surface area contributed by atoms with Gasteiger partial charge in [0, 0.05) is 95.5 Å². The van der Waals surface area contributed by atoms with Crippen LogP contribution in [-0.4, -0.2) is 176 Å². The quantitative estimate of drug-likeness (QED) is 0.0664. The van der Waals surface area contributed by atoms with Crippen LogP contribution in [0.5, 0.6) is 17.2 Å². The number of halogens is 1. The van der Waals surface area contributed by atoms with Crippen LogP contribution in [0.2, 0.25) is 0 Å². The summed E-state index contributed by atoms with van der Waals surface area (Å²) in [6, 6.07) is 9.51. The van der Waals surface area contributed by atoms with Crippen molar-refractivity contribution in [3.8, 4) is 38.8 Å². The molecule has 3 aliphatic rings. The minimum absolute atomic E-state index is 0.0166. The second-order valence-electron chi connectivity index (χ2n) is 21.0. The highest BCUT2D eigenvalue weighted by Crippen LogP contribution is 2.41. The Balaban J connectivity index is 0.733. The number of carbonyl (C=O) groups is 3. The normalized spacial score (nSPS) is 18.1. The van der Waals surface area contributed by atoms with E-state index in [9.17, 15) is 28.7 Å². The number of nitrogens with zero attached hydrogens (tertiary/aromatic N) is 6. The SMILES string of the molecule is COc1cc(-c2cn(C)c(=O)c3cnccc23)cc(OC)c1CN1CCN(CCOCCOCCOCCOc2cc(-c3scnc3C)ccc2CNC(=O)C2CC(O)CN2C(=O)C(NC(=O)C2(F)CC2)C(C)(C)C)CC1. The zero-order valence-corrected chi connectivity index (χ0v) is 46.0. The largest absolute Gasteiger partial charge is 0.496 e. The number of fused-ring (bicyclic) bond motifs is 1. The molecule has 1 saturated carbocycles. The van der Waals surface area contributed by atoms with E-state index in [1.807, 2.05) is 49.5 Å². The fourth-order valence-corrected chi connectivity index (χ4v) is 10.6. The lowest BCUT2D eigenvalue weighted by Gasteiger charge is -2.35. The molecule has 3 aromatic heterocycles. The van der Waals surface area contributed by atoms with Gasteiger partial charge >= 0.3 is 0 Å². The van der Waals surface area contributed by atoms with Crippen LogP contribution in [-0.2, 0) is 48.7 Å². The van der Waals surface area contributed by atoms with Gasteiger partial charge in [0.1, 0.15) is 35.9 Å². The van der Waals surface area contributed by atoms with Gasteiger partial charge in [-0.3, -0.25) is 34.0 Å². The molecule has 3 N–H and O–H groups in total. The summed E-state index contributed by atoms with van der Waals surface area (Å²) in [5.41, 5.74) is 4.15. The number of likely N-dealkylation sites (tertiary alicyclic amines) is 1. The summed E-state index contributed by atoms with van der Waals surface area (Å²) in [6.45, 7) is 15.0. The number of carbonyl (C=O) groups excluding carboxylic acids is 3. The highest BCUT2D eigenvalue weighted by Gasteiger charge is 2.53. The average Bonchev–Trinajstić information content (AvgIpc) is 3.83. The number of amides is 3. The van der Waals surface area contributed by atoms with E-state index in [2.05, 4.69) is 30.4 Å². The van der Waals surface area contributed by atoms with Crippen molar-refractivity contribution < 1.29 is 52.3 Å². The molecule has 0 bridgehead atoms. The lowest BCUT2D eigenvalue weighted by molar-refractivity contribution is -0.145. The van der Waals surface area contributed by atoms with Gasteiger partial charge < -0.3 is 53.6 Å². The van der Waals surface area contributed by atoms with Crippen LogP contribution in [0.1, 0.15) is 56.9 Å². The van der Waals surface area contributed by atoms with Crippen molar-refractivity contribution in [1.29, 1.82) is 0 Å². The van der Waals surface area contributed by atoms with Crippen molar-refractivity contribution in [3.63, 3.8) is 0 Å². The lowest BCUT2D eigenvalue weighted by Crippen LogP contribution is -2.59. The maximum absolute atomic E-state index is 14.7. The van der Waals surface area contributed by atoms with Crippen molar-refractivity contribution in [2.45, 2.75) is 83.9 Å². The van der Waals surface area contributed by atoms with Gasteiger partial charge in [-0.05, 0) is 66.0 Å². The Morgan fingerprint density at radius 3 is 2.17 bits per heavy atom. The molecule has 77 heavy (non-hydrogen) atoms. The summed E-state index contributed by atoms with van der Waals surface area (Å²) in [6.07, 6.45) is 4.41. The number of alkyl halides is 1. The number of aliphatic hydroxyl groups is 1. The number of nitrogens with one attached hydrogen (secondary N) is 2. The fraction of sp³-hybridized carbons (Fsp3) is 0.536. The second-order valence-corrected chi connectivity index (χ2v) is 21.8. The molecule has 2 aromatic carbocycles. The molecule has 21 heteroatoms. The van der Waals surface area contributed by atoms with E-state index in [0.29, 0.717) is 56.3 Å². The van der Waals surface area contributed by atoms with Crippen LogP contribution in [0.15, 0.2) is 65.3 Å². The van der Waals surface area contributed by atoms with Gasteiger partial charge in [0.25, 0.3) is 11.5 Å². The van der Waals surface area contributed by atoms with Crippen molar-refractivity contribution in [3.05, 3.63) is 87.7 Å². The van der Waals surface area contributed by atoms with Gasteiger partial charge in [-0.25, -0.2) is 9.37 Å². The monoisotopic (exact) mass is 1080 g/mol. The molecule has 3 amide bonds. The number of aromatic nitrogens is 3. The molecule has 8 rings (SSSR count). The van der Waals surface area contributed by atoms with E-state index in [1.54, 1.807) is 64.5 Å². The molecule has 3 atom stereocenters. The summed E-state index contributed by atoms with van der Waals surface area (Å²) in [4.78, 5) is 68.9. The van der Waals surface area contributed by atoms with Crippen LogP contribution in [0.3, 0.4) is 0 Å². The van der Waals surface area contributed by atoms with Gasteiger partial charge in [-0.2, -0.15) is 0 Å². The van der Waals surface area contributed by atoms with Crippen LogP contribution in [0.4, 0.5) is 4.39 Å². The van der Waals surface area contributed by atoms with Crippen LogP contribution < -0.4 is 30.4 Å². The Morgan fingerprint density at radius 2 is 1.53 bits per heavy atom. The van der Waals surface area contributed by atoms with E-state index < -0.39 is 47.0 Å². The molecule has 3 unspecified atom stereocenters. The predicted molar refractivity (Wildman–Crippen MR) is 290 cm³/mol. The Morgan fingerprint density at radius 1 is 0.883 bits per heavy atom. The first-order valence-electron chi connectivity index (χ1n) is 26.3. The molecule has 3 fully saturated rings. The predicted octanol–water partition coefficient (Wildman–Crippen LogP) is 4.91. The van der Waals surface area contributed by atoms with Crippen LogP contribution in [0, 0.1) is 12.3 Å². The molecule has 0 radical (unpaired) electrons. The van der Waals surface area contributed by atoms with Gasteiger partial charge in [-0.15, -0.1) is 11.3 Å². The van der Waals surface area contributed by atoms with Crippen molar-refractivity contribution in [1.82, 2.24) is 39.9 Å². The summed E-state index contributed by atoms with van der Waals surface area (Å²) < 4.78 is 51.8. The van der Waals surface area contributed by atoms with Crippen LogP contribution in [0.25, 0.3) is 32.3 Å². The van der Waals surface area contributed by atoms with Crippen molar-refractivity contribution in [2.75, 3.05) is 99.7 Å². The maximum Gasteiger partial charge on any atom is 0.259 e. The fourth-order valence-electron chi connectivity index (χ4n) is 9.75. The average molecular weight is 1090 g/mol. The zero-order chi connectivity index (χ0) is 54.9. The number of hydrogen-bond donors (Lipinski definition) is 3. The van der Waals surface area contributed by atoms with Crippen molar-refractivity contribution >= 4 is 39.8 Å². The Hall–Kier alpha value is -6.07. The molecule has 5 heterocycles. The topological polar surface area (TPSA) is 208 Å². The number of aliphatic hydroxyl groups excluding tert-OH is 1. The minimum atomic E-state index is -1.98. The number of rotatable bonds is 25. The first-order chi connectivity index (χ1) is 37.0. The molecule has 2 aliphatic heterocycles. The van der Waals surface area contributed by atoms with Crippen LogP contribution >= 0.6 is 11.3 Å². The molecule has 2 saturated heterocycles. The van der Waals surface area contributed by atoms with E-state index >= 15 is 0 Å². The first kappa shape index (κ1) is 57.1. The molecule has 5 aromatic rings. The highest BCUT2D eigenvalue weighted by atomic mass is 32.1. The lowest BCUT2D eigenvalue weighted by atomic mass is 9.85. The Kier molecular flexibility index (Phi) is 19.0. The number of aryl methyl sites for hydroxylation is 2. The first-order valence-corrected chi connectivity index (χ1v) is 27.1. The molecule has 19 nitrogen and oxygen atoms in total. The summed E-state index contributed by atoms with van der Waals surface area (Å²) >= 11 is 1.51. The molecular formula is C56H73FN8O11S. The number of piperazine rings is 1. The Labute approximate surface area is 452 Å². The van der Waals surface area contributed by atoms with E-state index in [4.69, 9.17) is 28.4 Å². The number of benzene rings is 2. The highest BCUT2D eigenvalue weighted by molar-refractivity contribution is 7.13. The number of pyridine rings is 2. The minimum Gasteiger partial charge on any atom is -0.496 e. The summed E-state index contributed by atoms with van der Waals surface area (Å²) in [5, 5.41) is 17.5. The number of hydrogen-bond acceptors (Lipinski definition) is 16. The van der Waals surface area contributed by atoms with E-state index in [0.717, 1.165) is 82.4 Å². The van der Waals surface area contributed by atoms with Gasteiger partial charge in [0.05, 0.1) is 87.0 Å². The zero-order valence-electron chi connectivity index (χ0n) is 45.2. The van der Waals surface area contributed by atoms with Gasteiger partial charge in [-0.1, -0.05) is 32.9 Å². The van der Waals surface area contributed by atoms with E-state index in [-0.39, 0.29) is 51.1 Å². The third kappa shape index (κ3) is 14.2. The molecule has 0 spiro atoms. The summed E-state index contributed by atoms with van der Waals surface area (Å²) in [5.74, 6) is 0.142. The number of methoxy groups -OCH3 is 2. The number of ether oxygens (including phenoxy) is 6. The van der Waals surface area contributed by atoms with Crippen molar-refractivity contribution in [2.24, 2.45) is 12.5 Å². The number of thiazole rings is 1.